The van der Waals surface area contributed by atoms with Gasteiger partial charge in [-0.3, -0.25) is 19.3 Å². The minimum Gasteiger partial charge on any atom is -0.381 e. The number of nitrogens with one attached hydrogen (secondary N) is 2. The van der Waals surface area contributed by atoms with Gasteiger partial charge in [-0.15, -0.1) is 0 Å². The van der Waals surface area contributed by atoms with Gasteiger partial charge in [0.15, 0.2) is 0 Å². The standard InChI is InChI=1S/C34H42N4O4/c39-31(38-19-13-26-10-4-5-12-30(26)38)24-37-18-14-28-27(23-37)11-6-7-15-34(16-20-42-21-17-34)33(41)36-29(32(40)35-28)22-25-8-2-1-3-9-25/h1-10,12,27-29H,11,13-24H2,(H,35,40)(H,36,41)/b7-6+/t27-,28+,29-/m1/s1. The summed E-state index contributed by atoms with van der Waals surface area (Å²) in [6.07, 6.45) is 9.15. The number of amides is 3. The fourth-order valence-electron chi connectivity index (χ4n) is 7.07. The van der Waals surface area contributed by atoms with E-state index in [9.17, 15) is 14.4 Å². The molecule has 8 heteroatoms. The number of hydrogen-bond acceptors (Lipinski definition) is 5. The van der Waals surface area contributed by atoms with Crippen molar-refractivity contribution in [3.8, 4) is 0 Å². The lowest BCUT2D eigenvalue weighted by Crippen LogP contribution is -2.58. The molecule has 0 aromatic heterocycles. The van der Waals surface area contributed by atoms with Crippen molar-refractivity contribution in [3.63, 3.8) is 0 Å². The van der Waals surface area contributed by atoms with Crippen molar-refractivity contribution in [2.75, 3.05) is 44.3 Å². The van der Waals surface area contributed by atoms with Crippen LogP contribution in [0.1, 0.15) is 43.2 Å². The Morgan fingerprint density at radius 3 is 2.57 bits per heavy atom. The number of anilines is 1. The highest BCUT2D eigenvalue weighted by Crippen LogP contribution is 2.36. The number of rotatable bonds is 4. The predicted molar refractivity (Wildman–Crippen MR) is 162 cm³/mol. The molecule has 2 aromatic rings. The van der Waals surface area contributed by atoms with E-state index < -0.39 is 11.5 Å². The molecule has 1 spiro atoms. The number of carbonyl (C=O) groups excluding carboxylic acids is 3. The number of carbonyl (C=O) groups is 3. The highest BCUT2D eigenvalue weighted by Gasteiger charge is 2.41. The fourth-order valence-corrected chi connectivity index (χ4v) is 7.07. The van der Waals surface area contributed by atoms with Crippen molar-refractivity contribution >= 4 is 23.4 Å². The first-order chi connectivity index (χ1) is 20.5. The maximum Gasteiger partial charge on any atom is 0.243 e. The first kappa shape index (κ1) is 28.6. The number of likely N-dealkylation sites (tertiary alicyclic amines) is 1. The Morgan fingerprint density at radius 1 is 0.952 bits per heavy atom. The summed E-state index contributed by atoms with van der Waals surface area (Å²) in [5, 5.41) is 6.49. The molecule has 0 unspecified atom stereocenters. The number of para-hydroxylation sites is 1. The SMILES string of the molecule is O=C1N[C@H]2CCN(CC(=O)N3CCc4ccccc43)C[C@H]2C/C=C/CC2(CCOCC2)C(=O)N[C@@H]1Cc1ccccc1. The van der Waals surface area contributed by atoms with E-state index in [-0.39, 0.29) is 29.7 Å². The molecule has 4 heterocycles. The summed E-state index contributed by atoms with van der Waals surface area (Å²) in [4.78, 5) is 45.1. The largest absolute Gasteiger partial charge is 0.381 e. The Balaban J connectivity index is 1.19. The molecule has 8 nitrogen and oxygen atoms in total. The fraction of sp³-hybridized carbons (Fsp3) is 0.500. The Morgan fingerprint density at radius 2 is 1.74 bits per heavy atom. The van der Waals surface area contributed by atoms with Crippen molar-refractivity contribution in [1.82, 2.24) is 15.5 Å². The molecule has 3 amide bonds. The van der Waals surface area contributed by atoms with E-state index in [4.69, 9.17) is 4.74 Å². The number of hydrogen-bond donors (Lipinski definition) is 2. The van der Waals surface area contributed by atoms with Gasteiger partial charge in [0.2, 0.25) is 17.7 Å². The second kappa shape index (κ2) is 12.8. The van der Waals surface area contributed by atoms with Crippen LogP contribution < -0.4 is 15.5 Å². The summed E-state index contributed by atoms with van der Waals surface area (Å²) in [5.41, 5.74) is 2.71. The van der Waals surface area contributed by atoms with Crippen molar-refractivity contribution < 1.29 is 19.1 Å². The molecule has 3 atom stereocenters. The first-order valence-corrected chi connectivity index (χ1v) is 15.5. The molecule has 2 fully saturated rings. The Kier molecular flexibility index (Phi) is 8.72. The minimum atomic E-state index is -0.654. The van der Waals surface area contributed by atoms with Gasteiger partial charge in [0.25, 0.3) is 0 Å². The summed E-state index contributed by atoms with van der Waals surface area (Å²) in [6.45, 7) is 3.69. The number of fused-ring (bicyclic) bond motifs is 2. The van der Waals surface area contributed by atoms with Gasteiger partial charge in [-0.2, -0.15) is 0 Å². The Bertz CT molecular complexity index is 1310. The van der Waals surface area contributed by atoms with Gasteiger partial charge in [-0.1, -0.05) is 60.7 Å². The van der Waals surface area contributed by atoms with Crippen LogP contribution in [0.5, 0.6) is 0 Å². The number of benzene rings is 2. The highest BCUT2D eigenvalue weighted by molar-refractivity contribution is 5.96. The van der Waals surface area contributed by atoms with Crippen LogP contribution in [0.2, 0.25) is 0 Å². The summed E-state index contributed by atoms with van der Waals surface area (Å²) in [6, 6.07) is 17.4. The van der Waals surface area contributed by atoms with Crippen LogP contribution in [0.4, 0.5) is 5.69 Å². The number of allylic oxidation sites excluding steroid dienone is 2. The summed E-state index contributed by atoms with van der Waals surface area (Å²) >= 11 is 0. The van der Waals surface area contributed by atoms with Crippen molar-refractivity contribution in [2.45, 2.75) is 57.0 Å². The van der Waals surface area contributed by atoms with E-state index in [1.807, 2.05) is 53.4 Å². The van der Waals surface area contributed by atoms with Crippen LogP contribution in [0.3, 0.4) is 0 Å². The number of nitrogens with zero attached hydrogens (tertiary/aromatic N) is 2. The van der Waals surface area contributed by atoms with Gasteiger partial charge in [-0.25, -0.2) is 0 Å². The molecule has 0 radical (unpaired) electrons. The average molecular weight is 571 g/mol. The van der Waals surface area contributed by atoms with Crippen LogP contribution in [-0.2, 0) is 32.0 Å². The van der Waals surface area contributed by atoms with Crippen LogP contribution >= 0.6 is 0 Å². The normalized spacial score (nSPS) is 27.1. The third-order valence-electron chi connectivity index (χ3n) is 9.64. The zero-order valence-electron chi connectivity index (χ0n) is 24.3. The van der Waals surface area contributed by atoms with Crippen LogP contribution in [0.15, 0.2) is 66.7 Å². The molecule has 6 rings (SSSR count). The van der Waals surface area contributed by atoms with E-state index in [2.05, 4.69) is 33.8 Å². The van der Waals surface area contributed by atoms with E-state index in [1.54, 1.807) is 0 Å². The Hall–Kier alpha value is -3.49. The second-order valence-corrected chi connectivity index (χ2v) is 12.3. The van der Waals surface area contributed by atoms with Crippen molar-refractivity contribution in [1.29, 1.82) is 0 Å². The predicted octanol–water partition coefficient (Wildman–Crippen LogP) is 3.26. The molecule has 0 aliphatic carbocycles. The van der Waals surface area contributed by atoms with E-state index >= 15 is 0 Å². The van der Waals surface area contributed by atoms with Gasteiger partial charge in [0.1, 0.15) is 6.04 Å². The monoisotopic (exact) mass is 570 g/mol. The van der Waals surface area contributed by atoms with Gasteiger partial charge in [-0.05, 0) is 61.6 Å². The average Bonchev–Trinajstić information content (AvgIpc) is 3.45. The third kappa shape index (κ3) is 6.30. The van der Waals surface area contributed by atoms with Crippen molar-refractivity contribution in [3.05, 3.63) is 77.9 Å². The lowest BCUT2D eigenvalue weighted by molar-refractivity contribution is -0.140. The number of piperidine rings is 1. The molecule has 222 valence electrons. The zero-order valence-corrected chi connectivity index (χ0v) is 24.3. The second-order valence-electron chi connectivity index (χ2n) is 12.3. The summed E-state index contributed by atoms with van der Waals surface area (Å²) < 4.78 is 5.61. The molecule has 0 saturated carbocycles. The molecule has 2 N–H and O–H groups in total. The maximum absolute atomic E-state index is 13.8. The molecule has 0 bridgehead atoms. The smallest absolute Gasteiger partial charge is 0.243 e. The van der Waals surface area contributed by atoms with E-state index in [1.165, 1.54) is 5.56 Å². The third-order valence-corrected chi connectivity index (χ3v) is 9.64. The molecule has 42 heavy (non-hydrogen) atoms. The Labute approximate surface area is 248 Å². The van der Waals surface area contributed by atoms with Crippen LogP contribution in [0.25, 0.3) is 0 Å². The molecule has 2 saturated heterocycles. The topological polar surface area (TPSA) is 91.0 Å². The van der Waals surface area contributed by atoms with Gasteiger partial charge in [0.05, 0.1) is 12.0 Å². The quantitative estimate of drug-likeness (QED) is 0.551. The first-order valence-electron chi connectivity index (χ1n) is 15.5. The van der Waals surface area contributed by atoms with E-state index in [0.717, 1.165) is 50.1 Å². The zero-order chi connectivity index (χ0) is 28.9. The molecule has 4 aliphatic heterocycles. The molecule has 4 aliphatic rings. The lowest BCUT2D eigenvalue weighted by Gasteiger charge is -2.40. The van der Waals surface area contributed by atoms with Crippen molar-refractivity contribution in [2.24, 2.45) is 11.3 Å². The molecule has 2 aromatic carbocycles. The van der Waals surface area contributed by atoms with Gasteiger partial charge < -0.3 is 20.3 Å². The summed E-state index contributed by atoms with van der Waals surface area (Å²) in [7, 11) is 0. The maximum atomic E-state index is 13.8. The lowest BCUT2D eigenvalue weighted by atomic mass is 9.75. The van der Waals surface area contributed by atoms with Crippen LogP contribution in [-0.4, -0.2) is 74.1 Å². The van der Waals surface area contributed by atoms with Gasteiger partial charge in [0, 0.05) is 51.0 Å². The van der Waals surface area contributed by atoms with Crippen LogP contribution in [0, 0.1) is 11.3 Å². The molecular formula is C34H42N4O4. The number of ether oxygens (including phenoxy) is 1. The molecular weight excluding hydrogens is 528 g/mol. The van der Waals surface area contributed by atoms with Gasteiger partial charge >= 0.3 is 0 Å². The van der Waals surface area contributed by atoms with E-state index in [0.29, 0.717) is 45.4 Å². The minimum absolute atomic E-state index is 0.0207. The summed E-state index contributed by atoms with van der Waals surface area (Å²) in [5.74, 6) is 0.127. The highest BCUT2D eigenvalue weighted by atomic mass is 16.5.